The lowest BCUT2D eigenvalue weighted by Crippen LogP contribution is -2.01. The number of hydrogen-bond acceptors (Lipinski definition) is 5. The van der Waals surface area contributed by atoms with E-state index in [1.54, 1.807) is 11.3 Å². The second kappa shape index (κ2) is 12.6. The van der Waals surface area contributed by atoms with Gasteiger partial charge in [-0.25, -0.2) is 15.0 Å². The molecule has 4 heterocycles. The highest BCUT2D eigenvalue weighted by Gasteiger charge is 2.20. The summed E-state index contributed by atoms with van der Waals surface area (Å²) in [5.41, 5.74) is 10.0. The van der Waals surface area contributed by atoms with Crippen LogP contribution in [0.2, 0.25) is 0 Å². The summed E-state index contributed by atoms with van der Waals surface area (Å²) in [6, 6.07) is 63.8. The first-order chi connectivity index (χ1) is 28.2. The van der Waals surface area contributed by atoms with Crippen molar-refractivity contribution < 1.29 is 4.42 Å². The average Bonchev–Trinajstić information content (AvgIpc) is 3.95. The van der Waals surface area contributed by atoms with Crippen LogP contribution in [0.15, 0.2) is 186 Å². The van der Waals surface area contributed by atoms with Crippen LogP contribution in [0, 0.1) is 0 Å². The lowest BCUT2D eigenvalue weighted by atomic mass is 10.0. The largest absolute Gasteiger partial charge is 0.456 e. The Morgan fingerprint density at radius 2 is 1.04 bits per heavy atom. The van der Waals surface area contributed by atoms with Gasteiger partial charge in [0.2, 0.25) is 0 Å². The summed E-state index contributed by atoms with van der Waals surface area (Å²) in [6.45, 7) is 0. The molecule has 0 saturated heterocycles. The zero-order chi connectivity index (χ0) is 37.5. The van der Waals surface area contributed by atoms with E-state index in [0.29, 0.717) is 17.5 Å². The van der Waals surface area contributed by atoms with Crippen molar-refractivity contribution in [1.82, 2.24) is 19.5 Å². The van der Waals surface area contributed by atoms with Crippen molar-refractivity contribution in [3.63, 3.8) is 0 Å². The van der Waals surface area contributed by atoms with E-state index in [9.17, 15) is 0 Å². The first kappa shape index (κ1) is 31.9. The standard InChI is InChI=1S/C51H30N4OS/c1-2-13-31(14-3-1)32-15-10-16-33(27-32)49-52-50(54-51(53-49)39-22-12-26-47-48(39)38-21-6-9-25-46(38)57-47)34-17-11-18-35(28-34)55-42-23-7-4-19-36(42)40-29-41-37-20-5-8-24-44(37)56-45(41)30-43(40)55/h1-30H. The molecule has 0 radical (unpaired) electrons. The zero-order valence-corrected chi connectivity index (χ0v) is 31.2. The lowest BCUT2D eigenvalue weighted by Gasteiger charge is -2.12. The van der Waals surface area contributed by atoms with Gasteiger partial charge < -0.3 is 8.98 Å². The fourth-order valence-electron chi connectivity index (χ4n) is 8.43. The van der Waals surface area contributed by atoms with Crippen molar-refractivity contribution in [3.8, 4) is 51.0 Å². The highest BCUT2D eigenvalue weighted by molar-refractivity contribution is 7.25. The summed E-state index contributed by atoms with van der Waals surface area (Å²) >= 11 is 1.79. The molecule has 12 aromatic rings. The summed E-state index contributed by atoms with van der Waals surface area (Å²) in [7, 11) is 0. The minimum absolute atomic E-state index is 0.610. The van der Waals surface area contributed by atoms with Crippen molar-refractivity contribution in [2.75, 3.05) is 0 Å². The molecule has 0 atom stereocenters. The molecule has 12 rings (SSSR count). The summed E-state index contributed by atoms with van der Waals surface area (Å²) in [5, 5.41) is 6.96. The van der Waals surface area contributed by atoms with Gasteiger partial charge in [0.15, 0.2) is 17.5 Å². The van der Waals surface area contributed by atoms with Gasteiger partial charge in [-0.05, 0) is 59.7 Å². The number of nitrogens with zero attached hydrogens (tertiary/aromatic N) is 4. The van der Waals surface area contributed by atoms with Gasteiger partial charge in [0.1, 0.15) is 11.2 Å². The number of benzene rings is 8. The summed E-state index contributed by atoms with van der Waals surface area (Å²) in [5.74, 6) is 1.88. The van der Waals surface area contributed by atoms with Gasteiger partial charge in [-0.3, -0.25) is 0 Å². The first-order valence-corrected chi connectivity index (χ1v) is 19.8. The van der Waals surface area contributed by atoms with Crippen molar-refractivity contribution in [2.45, 2.75) is 0 Å². The minimum Gasteiger partial charge on any atom is -0.456 e. The van der Waals surface area contributed by atoms with E-state index < -0.39 is 0 Å². The van der Waals surface area contributed by atoms with E-state index in [1.165, 1.54) is 25.6 Å². The Bertz CT molecular complexity index is 3540. The SMILES string of the molecule is c1ccc(-c2cccc(-c3nc(-c4cccc(-n5c6ccccc6c6cc7c(cc65)oc5ccccc57)c4)nc(-c4cccc5sc6ccccc6c45)n3)c2)cc1. The van der Waals surface area contributed by atoms with Gasteiger partial charge in [0.05, 0.1) is 11.0 Å². The van der Waals surface area contributed by atoms with Crippen LogP contribution in [0.25, 0.3) is 115 Å². The van der Waals surface area contributed by atoms with E-state index in [1.807, 2.05) is 18.2 Å². The van der Waals surface area contributed by atoms with Crippen molar-refractivity contribution >= 4 is 75.3 Å². The van der Waals surface area contributed by atoms with E-state index >= 15 is 0 Å². The Morgan fingerprint density at radius 3 is 1.91 bits per heavy atom. The van der Waals surface area contributed by atoms with E-state index in [-0.39, 0.29) is 0 Å². The van der Waals surface area contributed by atoms with Crippen molar-refractivity contribution in [3.05, 3.63) is 182 Å². The van der Waals surface area contributed by atoms with Gasteiger partial charge in [0, 0.05) is 70.2 Å². The van der Waals surface area contributed by atoms with E-state index in [0.717, 1.165) is 71.9 Å². The van der Waals surface area contributed by atoms with Crippen LogP contribution in [0.1, 0.15) is 0 Å². The van der Waals surface area contributed by atoms with Crippen LogP contribution in [0.4, 0.5) is 0 Å². The quantitative estimate of drug-likeness (QED) is 0.176. The second-order valence-electron chi connectivity index (χ2n) is 14.4. The smallest absolute Gasteiger partial charge is 0.164 e. The van der Waals surface area contributed by atoms with E-state index in [4.69, 9.17) is 19.4 Å². The predicted molar refractivity (Wildman–Crippen MR) is 236 cm³/mol. The number of furan rings is 1. The second-order valence-corrected chi connectivity index (χ2v) is 15.5. The highest BCUT2D eigenvalue weighted by Crippen LogP contribution is 2.41. The predicted octanol–water partition coefficient (Wildman–Crippen LogP) is 13.9. The number of fused-ring (bicyclic) bond motifs is 9. The van der Waals surface area contributed by atoms with Crippen LogP contribution in [-0.4, -0.2) is 19.5 Å². The van der Waals surface area contributed by atoms with Gasteiger partial charge in [0.25, 0.3) is 0 Å². The topological polar surface area (TPSA) is 56.7 Å². The van der Waals surface area contributed by atoms with Gasteiger partial charge >= 0.3 is 0 Å². The molecule has 0 aliphatic carbocycles. The van der Waals surface area contributed by atoms with E-state index in [2.05, 4.69) is 168 Å². The summed E-state index contributed by atoms with van der Waals surface area (Å²) in [4.78, 5) is 15.8. The fourth-order valence-corrected chi connectivity index (χ4v) is 9.57. The summed E-state index contributed by atoms with van der Waals surface area (Å²) < 4.78 is 11.2. The molecule has 0 bridgehead atoms. The molecular formula is C51H30N4OS. The number of aromatic nitrogens is 4. The Labute approximate surface area is 330 Å². The average molecular weight is 747 g/mol. The molecule has 266 valence electrons. The number of hydrogen-bond donors (Lipinski definition) is 0. The molecule has 5 nitrogen and oxygen atoms in total. The van der Waals surface area contributed by atoms with Crippen molar-refractivity contribution in [1.29, 1.82) is 0 Å². The molecule has 0 saturated carbocycles. The molecule has 57 heavy (non-hydrogen) atoms. The van der Waals surface area contributed by atoms with Gasteiger partial charge in [-0.15, -0.1) is 11.3 Å². The number of para-hydroxylation sites is 2. The maximum absolute atomic E-state index is 6.40. The Hall–Kier alpha value is -7.41. The number of thiophene rings is 1. The van der Waals surface area contributed by atoms with Crippen LogP contribution in [-0.2, 0) is 0 Å². The normalized spacial score (nSPS) is 11.9. The minimum atomic E-state index is 0.610. The lowest BCUT2D eigenvalue weighted by molar-refractivity contribution is 0.669. The molecule has 0 amide bonds. The first-order valence-electron chi connectivity index (χ1n) is 19.0. The molecule has 0 aliphatic rings. The Balaban J connectivity index is 1.08. The van der Waals surface area contributed by atoms with Crippen LogP contribution in [0.3, 0.4) is 0 Å². The van der Waals surface area contributed by atoms with Crippen molar-refractivity contribution in [2.24, 2.45) is 0 Å². The Kier molecular flexibility index (Phi) is 7.03. The van der Waals surface area contributed by atoms with Gasteiger partial charge in [-0.2, -0.15) is 0 Å². The fraction of sp³-hybridized carbons (Fsp3) is 0. The molecule has 8 aromatic carbocycles. The maximum Gasteiger partial charge on any atom is 0.164 e. The highest BCUT2D eigenvalue weighted by atomic mass is 32.1. The molecule has 0 N–H and O–H groups in total. The molecule has 6 heteroatoms. The third kappa shape index (κ3) is 5.12. The summed E-state index contributed by atoms with van der Waals surface area (Å²) in [6.07, 6.45) is 0. The van der Waals surface area contributed by atoms with Crippen LogP contribution < -0.4 is 0 Å². The zero-order valence-electron chi connectivity index (χ0n) is 30.4. The molecule has 0 aliphatic heterocycles. The molecular weight excluding hydrogens is 717 g/mol. The molecule has 4 aromatic heterocycles. The van der Waals surface area contributed by atoms with Crippen LogP contribution in [0.5, 0.6) is 0 Å². The molecule has 0 fully saturated rings. The van der Waals surface area contributed by atoms with Crippen LogP contribution >= 0.6 is 11.3 Å². The maximum atomic E-state index is 6.40. The Morgan fingerprint density at radius 1 is 0.386 bits per heavy atom. The monoisotopic (exact) mass is 746 g/mol. The molecule has 0 spiro atoms. The number of rotatable bonds is 5. The van der Waals surface area contributed by atoms with Gasteiger partial charge in [-0.1, -0.05) is 127 Å². The molecule has 0 unspecified atom stereocenters. The third-order valence-electron chi connectivity index (χ3n) is 11.0. The third-order valence-corrected chi connectivity index (χ3v) is 12.2.